The van der Waals surface area contributed by atoms with E-state index in [1.807, 2.05) is 0 Å². The van der Waals surface area contributed by atoms with Crippen LogP contribution in [0.25, 0.3) is 0 Å². The molecule has 0 fully saturated rings. The van der Waals surface area contributed by atoms with Gasteiger partial charge in [0.05, 0.1) is 0 Å². The van der Waals surface area contributed by atoms with Crippen molar-refractivity contribution in [1.29, 1.82) is 0 Å². The number of benzene rings is 1. The molecule has 19 heavy (non-hydrogen) atoms. The predicted octanol–water partition coefficient (Wildman–Crippen LogP) is 3.91. The van der Waals surface area contributed by atoms with Crippen molar-refractivity contribution in [2.75, 3.05) is 0 Å². The number of nitrogens with two attached hydrogens (primary N) is 1. The summed E-state index contributed by atoms with van der Waals surface area (Å²) in [6.45, 7) is 13.0. The Morgan fingerprint density at radius 3 is 2.26 bits per heavy atom. The number of carbonyl (C=O) groups excluding carboxylic acids is 1. The van der Waals surface area contributed by atoms with Gasteiger partial charge in [0.15, 0.2) is 0 Å². The van der Waals surface area contributed by atoms with E-state index in [0.29, 0.717) is 12.3 Å². The normalized spacial score (nSPS) is 13.6. The highest BCUT2D eigenvalue weighted by molar-refractivity contribution is 5.75. The molecular formula is C17H27NO. The summed E-state index contributed by atoms with van der Waals surface area (Å²) in [5, 5.41) is 0. The maximum atomic E-state index is 11.3. The van der Waals surface area contributed by atoms with Crippen LogP contribution in [0.3, 0.4) is 0 Å². The minimum Gasteiger partial charge on any atom is -0.370 e. The van der Waals surface area contributed by atoms with Gasteiger partial charge in [-0.15, -0.1) is 0 Å². The van der Waals surface area contributed by atoms with Crippen molar-refractivity contribution in [1.82, 2.24) is 0 Å². The molecule has 1 rings (SSSR count). The standard InChI is InChI=1S/C17H27NO/c1-11(2)14(10-16(18)19)15-9-13(17(4,5)6)8-7-12(15)3/h7-9,11,14H,10H2,1-6H3,(H2,18,19). The van der Waals surface area contributed by atoms with E-state index in [4.69, 9.17) is 5.73 Å². The molecule has 2 nitrogen and oxygen atoms in total. The van der Waals surface area contributed by atoms with Crippen LogP contribution in [-0.2, 0) is 10.2 Å². The van der Waals surface area contributed by atoms with Gasteiger partial charge in [-0.05, 0) is 40.9 Å². The van der Waals surface area contributed by atoms with E-state index >= 15 is 0 Å². The van der Waals surface area contributed by atoms with Gasteiger partial charge in [-0.2, -0.15) is 0 Å². The lowest BCUT2D eigenvalue weighted by Crippen LogP contribution is -2.20. The van der Waals surface area contributed by atoms with Crippen LogP contribution in [0.5, 0.6) is 0 Å². The third kappa shape index (κ3) is 4.09. The molecule has 0 heterocycles. The fraction of sp³-hybridized carbons (Fsp3) is 0.588. The number of amides is 1. The fourth-order valence-electron chi connectivity index (χ4n) is 2.43. The van der Waals surface area contributed by atoms with Crippen LogP contribution < -0.4 is 5.73 Å². The second-order valence-corrected chi connectivity index (χ2v) is 6.84. The van der Waals surface area contributed by atoms with Gasteiger partial charge in [0.25, 0.3) is 0 Å². The fourth-order valence-corrected chi connectivity index (χ4v) is 2.43. The summed E-state index contributed by atoms with van der Waals surface area (Å²) < 4.78 is 0. The SMILES string of the molecule is Cc1ccc(C(C)(C)C)cc1C(CC(N)=O)C(C)C. The lowest BCUT2D eigenvalue weighted by atomic mass is 9.79. The van der Waals surface area contributed by atoms with Crippen molar-refractivity contribution in [2.24, 2.45) is 11.7 Å². The Kier molecular flexibility index (Phi) is 4.78. The largest absolute Gasteiger partial charge is 0.370 e. The molecule has 0 saturated heterocycles. The molecule has 2 heteroatoms. The van der Waals surface area contributed by atoms with Crippen LogP contribution in [-0.4, -0.2) is 5.91 Å². The Labute approximate surface area is 117 Å². The van der Waals surface area contributed by atoms with E-state index in [1.165, 1.54) is 16.7 Å². The molecule has 0 saturated carbocycles. The number of rotatable bonds is 4. The smallest absolute Gasteiger partial charge is 0.218 e. The first-order valence-corrected chi connectivity index (χ1v) is 7.02. The van der Waals surface area contributed by atoms with E-state index in [1.54, 1.807) is 0 Å². The first kappa shape index (κ1) is 15.7. The van der Waals surface area contributed by atoms with Crippen molar-refractivity contribution in [2.45, 2.75) is 59.3 Å². The van der Waals surface area contributed by atoms with Crippen molar-refractivity contribution in [3.05, 3.63) is 34.9 Å². The minimum absolute atomic E-state index is 0.122. The Morgan fingerprint density at radius 1 is 1.26 bits per heavy atom. The summed E-state index contributed by atoms with van der Waals surface area (Å²) in [5.41, 5.74) is 9.34. The Morgan fingerprint density at radius 2 is 1.84 bits per heavy atom. The Hall–Kier alpha value is -1.31. The molecular weight excluding hydrogens is 234 g/mol. The Balaban J connectivity index is 3.25. The molecule has 106 valence electrons. The highest BCUT2D eigenvalue weighted by atomic mass is 16.1. The highest BCUT2D eigenvalue weighted by Crippen LogP contribution is 2.33. The predicted molar refractivity (Wildman–Crippen MR) is 81.3 cm³/mol. The van der Waals surface area contributed by atoms with Crippen molar-refractivity contribution >= 4 is 5.91 Å². The van der Waals surface area contributed by atoms with Gasteiger partial charge >= 0.3 is 0 Å². The van der Waals surface area contributed by atoms with E-state index in [2.05, 4.69) is 59.7 Å². The third-order valence-corrected chi connectivity index (χ3v) is 3.77. The Bertz CT molecular complexity index is 455. The summed E-state index contributed by atoms with van der Waals surface area (Å²) in [6.07, 6.45) is 0.423. The molecule has 0 radical (unpaired) electrons. The van der Waals surface area contributed by atoms with Gasteiger partial charge in [-0.25, -0.2) is 0 Å². The van der Waals surface area contributed by atoms with Gasteiger partial charge in [0.2, 0.25) is 5.91 Å². The van der Waals surface area contributed by atoms with Gasteiger partial charge in [0.1, 0.15) is 0 Å². The van der Waals surface area contributed by atoms with Crippen LogP contribution in [0.1, 0.15) is 63.6 Å². The zero-order chi connectivity index (χ0) is 14.8. The molecule has 1 aromatic rings. The lowest BCUT2D eigenvalue weighted by molar-refractivity contribution is -0.118. The van der Waals surface area contributed by atoms with E-state index in [-0.39, 0.29) is 17.2 Å². The minimum atomic E-state index is -0.223. The number of aryl methyl sites for hydroxylation is 1. The summed E-state index contributed by atoms with van der Waals surface area (Å²) in [7, 11) is 0. The topological polar surface area (TPSA) is 43.1 Å². The second-order valence-electron chi connectivity index (χ2n) is 6.84. The molecule has 0 aliphatic rings. The number of hydrogen-bond acceptors (Lipinski definition) is 1. The monoisotopic (exact) mass is 261 g/mol. The molecule has 0 bridgehead atoms. The van der Waals surface area contributed by atoms with Gasteiger partial charge in [-0.1, -0.05) is 52.8 Å². The molecule has 1 unspecified atom stereocenters. The molecule has 0 aliphatic heterocycles. The second kappa shape index (κ2) is 5.77. The third-order valence-electron chi connectivity index (χ3n) is 3.77. The summed E-state index contributed by atoms with van der Waals surface area (Å²) in [6, 6.07) is 6.59. The summed E-state index contributed by atoms with van der Waals surface area (Å²) >= 11 is 0. The molecule has 0 aromatic heterocycles. The maximum Gasteiger partial charge on any atom is 0.218 e. The quantitative estimate of drug-likeness (QED) is 0.877. The van der Waals surface area contributed by atoms with Crippen LogP contribution >= 0.6 is 0 Å². The van der Waals surface area contributed by atoms with Crippen LogP contribution in [0.15, 0.2) is 18.2 Å². The number of primary amides is 1. The first-order chi connectivity index (χ1) is 8.62. The van der Waals surface area contributed by atoms with E-state index in [0.717, 1.165) is 0 Å². The van der Waals surface area contributed by atoms with Crippen molar-refractivity contribution < 1.29 is 4.79 Å². The molecule has 2 N–H and O–H groups in total. The molecule has 0 aliphatic carbocycles. The van der Waals surface area contributed by atoms with E-state index < -0.39 is 0 Å². The van der Waals surface area contributed by atoms with Crippen LogP contribution in [0, 0.1) is 12.8 Å². The average Bonchev–Trinajstić information content (AvgIpc) is 2.24. The number of carbonyl (C=O) groups is 1. The van der Waals surface area contributed by atoms with E-state index in [9.17, 15) is 4.79 Å². The summed E-state index contributed by atoms with van der Waals surface area (Å²) in [4.78, 5) is 11.3. The average molecular weight is 261 g/mol. The zero-order valence-electron chi connectivity index (χ0n) is 13.1. The molecule has 0 spiro atoms. The molecule has 1 atom stereocenters. The van der Waals surface area contributed by atoms with Gasteiger partial charge in [0, 0.05) is 6.42 Å². The van der Waals surface area contributed by atoms with Gasteiger partial charge in [-0.3, -0.25) is 4.79 Å². The summed E-state index contributed by atoms with van der Waals surface area (Å²) in [5.74, 6) is 0.389. The van der Waals surface area contributed by atoms with Crippen molar-refractivity contribution in [3.63, 3.8) is 0 Å². The first-order valence-electron chi connectivity index (χ1n) is 7.02. The molecule has 1 aromatic carbocycles. The number of hydrogen-bond donors (Lipinski definition) is 1. The van der Waals surface area contributed by atoms with Crippen LogP contribution in [0.4, 0.5) is 0 Å². The zero-order valence-corrected chi connectivity index (χ0v) is 13.1. The van der Waals surface area contributed by atoms with Gasteiger partial charge < -0.3 is 5.73 Å². The maximum absolute atomic E-state index is 11.3. The van der Waals surface area contributed by atoms with Crippen LogP contribution in [0.2, 0.25) is 0 Å². The van der Waals surface area contributed by atoms with Crippen molar-refractivity contribution in [3.8, 4) is 0 Å². The molecule has 1 amide bonds. The lowest BCUT2D eigenvalue weighted by Gasteiger charge is -2.26. The highest BCUT2D eigenvalue weighted by Gasteiger charge is 2.22.